The van der Waals surface area contributed by atoms with Crippen LogP contribution >= 0.6 is 12.4 Å². The zero-order valence-corrected chi connectivity index (χ0v) is 19.6. The van der Waals surface area contributed by atoms with E-state index in [4.69, 9.17) is 10.7 Å². The quantitative estimate of drug-likeness (QED) is 0.650. The van der Waals surface area contributed by atoms with E-state index in [1.165, 1.54) is 5.56 Å². The molecular weight excluding hydrogens is 410 g/mol. The van der Waals surface area contributed by atoms with Crippen LogP contribution in [-0.4, -0.2) is 38.7 Å². The molecule has 1 fully saturated rings. The number of carbonyl (C=O) groups is 1. The van der Waals surface area contributed by atoms with Gasteiger partial charge in [-0.1, -0.05) is 25.1 Å². The normalized spacial score (nSPS) is 17.4. The van der Waals surface area contributed by atoms with Gasteiger partial charge in [0.1, 0.15) is 0 Å². The number of carbonyl (C=O) groups excluding carboxylic acids is 1. The highest BCUT2D eigenvalue weighted by Gasteiger charge is 2.30. The second kappa shape index (κ2) is 9.27. The van der Waals surface area contributed by atoms with Gasteiger partial charge in [-0.2, -0.15) is 5.10 Å². The third kappa shape index (κ3) is 4.54. The molecule has 3 heterocycles. The number of nitrogen functional groups attached to an aromatic ring is 1. The summed E-state index contributed by atoms with van der Waals surface area (Å²) >= 11 is 0. The van der Waals surface area contributed by atoms with Gasteiger partial charge in [-0.05, 0) is 51.3 Å². The number of nitrogens with two attached hydrogens (primary N) is 1. The molecule has 2 atom stereocenters. The van der Waals surface area contributed by atoms with Crippen LogP contribution in [0.15, 0.2) is 30.3 Å². The van der Waals surface area contributed by atoms with E-state index >= 15 is 0 Å². The fourth-order valence-corrected chi connectivity index (χ4v) is 4.49. The van der Waals surface area contributed by atoms with Crippen LogP contribution in [-0.2, 0) is 11.3 Å². The minimum absolute atomic E-state index is 0. The molecule has 31 heavy (non-hydrogen) atoms. The SMILES string of the molecule is Cc1nn(CC(C)C(=O)N2CCCC(c3nc4ccccc4cc3N)C2)c(C)c1C.Cl. The Morgan fingerprint density at radius 1 is 1.26 bits per heavy atom. The van der Waals surface area contributed by atoms with Crippen LogP contribution in [0.2, 0.25) is 0 Å². The number of hydrogen-bond donors (Lipinski definition) is 1. The van der Waals surface area contributed by atoms with Crippen LogP contribution in [0.3, 0.4) is 0 Å². The van der Waals surface area contributed by atoms with E-state index in [0.29, 0.717) is 13.1 Å². The Morgan fingerprint density at radius 3 is 2.71 bits per heavy atom. The Kier molecular flexibility index (Phi) is 6.90. The van der Waals surface area contributed by atoms with Crippen molar-refractivity contribution in [3.63, 3.8) is 0 Å². The first kappa shape index (κ1) is 23.1. The fraction of sp³-hybridized carbons (Fsp3) is 0.458. The van der Waals surface area contributed by atoms with Gasteiger partial charge in [0.15, 0.2) is 0 Å². The molecule has 6 nitrogen and oxygen atoms in total. The predicted octanol–water partition coefficient (Wildman–Crippen LogP) is 4.40. The Bertz CT molecular complexity index is 1090. The summed E-state index contributed by atoms with van der Waals surface area (Å²) in [6.07, 6.45) is 1.97. The van der Waals surface area contributed by atoms with Crippen molar-refractivity contribution in [2.45, 2.75) is 53.0 Å². The molecule has 2 N–H and O–H groups in total. The van der Waals surface area contributed by atoms with E-state index in [1.54, 1.807) is 0 Å². The molecule has 0 aliphatic carbocycles. The lowest BCUT2D eigenvalue weighted by Gasteiger charge is -2.34. The van der Waals surface area contributed by atoms with Crippen LogP contribution in [0.4, 0.5) is 5.69 Å². The van der Waals surface area contributed by atoms with Gasteiger partial charge in [0.2, 0.25) is 5.91 Å². The van der Waals surface area contributed by atoms with Crippen molar-refractivity contribution in [3.05, 3.63) is 53.0 Å². The number of amides is 1. The number of anilines is 1. The first-order valence-corrected chi connectivity index (χ1v) is 10.8. The van der Waals surface area contributed by atoms with Crippen LogP contribution in [0.25, 0.3) is 10.9 Å². The highest BCUT2D eigenvalue weighted by Crippen LogP contribution is 2.32. The van der Waals surface area contributed by atoms with E-state index in [1.807, 2.05) is 53.8 Å². The lowest BCUT2D eigenvalue weighted by atomic mass is 9.92. The number of rotatable bonds is 4. The van der Waals surface area contributed by atoms with E-state index < -0.39 is 0 Å². The van der Waals surface area contributed by atoms with Crippen molar-refractivity contribution in [3.8, 4) is 0 Å². The molecule has 7 heteroatoms. The van der Waals surface area contributed by atoms with Crippen molar-refractivity contribution >= 4 is 34.9 Å². The van der Waals surface area contributed by atoms with Gasteiger partial charge in [0, 0.05) is 30.1 Å². The van der Waals surface area contributed by atoms with Gasteiger partial charge >= 0.3 is 0 Å². The lowest BCUT2D eigenvalue weighted by molar-refractivity contribution is -0.136. The molecule has 0 bridgehead atoms. The molecule has 3 aromatic rings. The number of likely N-dealkylation sites (tertiary alicyclic amines) is 1. The zero-order valence-electron chi connectivity index (χ0n) is 18.8. The molecule has 0 spiro atoms. The number of benzene rings is 1. The summed E-state index contributed by atoms with van der Waals surface area (Å²) in [5, 5.41) is 5.65. The number of fused-ring (bicyclic) bond motifs is 1. The molecule has 1 aliphatic rings. The maximum atomic E-state index is 13.2. The molecule has 0 radical (unpaired) electrons. The van der Waals surface area contributed by atoms with Crippen LogP contribution < -0.4 is 5.73 Å². The van der Waals surface area contributed by atoms with Gasteiger partial charge in [0.25, 0.3) is 0 Å². The first-order chi connectivity index (χ1) is 14.3. The Hall–Kier alpha value is -2.60. The van der Waals surface area contributed by atoms with E-state index in [0.717, 1.165) is 53.1 Å². The van der Waals surface area contributed by atoms with Crippen molar-refractivity contribution in [2.24, 2.45) is 5.92 Å². The van der Waals surface area contributed by atoms with Gasteiger partial charge in [-0.25, -0.2) is 0 Å². The summed E-state index contributed by atoms with van der Waals surface area (Å²) in [5.74, 6) is 0.239. The largest absolute Gasteiger partial charge is 0.397 e. The standard InChI is InChI=1S/C24H31N5O.ClH/c1-15(13-29-18(4)16(2)17(3)27-29)24(30)28-11-7-9-20(14-28)23-21(25)12-19-8-5-6-10-22(19)26-23;/h5-6,8,10,12,15,20H,7,9,11,13-14,25H2,1-4H3;1H. The molecule has 2 unspecified atom stereocenters. The second-order valence-electron chi connectivity index (χ2n) is 8.66. The molecule has 4 rings (SSSR count). The number of nitrogens with zero attached hydrogens (tertiary/aromatic N) is 4. The summed E-state index contributed by atoms with van der Waals surface area (Å²) < 4.78 is 1.97. The average molecular weight is 442 g/mol. The summed E-state index contributed by atoms with van der Waals surface area (Å²) in [5.41, 5.74) is 12.3. The number of halogens is 1. The molecule has 2 aromatic heterocycles. The number of aromatic nitrogens is 3. The fourth-order valence-electron chi connectivity index (χ4n) is 4.49. The molecular formula is C24H32ClN5O. The van der Waals surface area contributed by atoms with Crippen molar-refractivity contribution in [1.29, 1.82) is 0 Å². The third-order valence-corrected chi connectivity index (χ3v) is 6.52. The van der Waals surface area contributed by atoms with Crippen molar-refractivity contribution < 1.29 is 4.79 Å². The zero-order chi connectivity index (χ0) is 21.4. The predicted molar refractivity (Wildman–Crippen MR) is 128 cm³/mol. The second-order valence-corrected chi connectivity index (χ2v) is 8.66. The van der Waals surface area contributed by atoms with Gasteiger partial charge < -0.3 is 10.6 Å². The molecule has 166 valence electrons. The molecule has 1 aliphatic heterocycles. The summed E-state index contributed by atoms with van der Waals surface area (Å²) in [4.78, 5) is 20.1. The van der Waals surface area contributed by atoms with Gasteiger partial charge in [-0.3, -0.25) is 14.5 Å². The number of pyridine rings is 1. The monoisotopic (exact) mass is 441 g/mol. The highest BCUT2D eigenvalue weighted by molar-refractivity contribution is 5.85. The summed E-state index contributed by atoms with van der Waals surface area (Å²) in [6, 6.07) is 10.0. The maximum absolute atomic E-state index is 13.2. The molecule has 0 saturated carbocycles. The van der Waals surface area contributed by atoms with E-state index in [9.17, 15) is 4.79 Å². The van der Waals surface area contributed by atoms with Crippen molar-refractivity contribution in [1.82, 2.24) is 19.7 Å². The highest BCUT2D eigenvalue weighted by atomic mass is 35.5. The van der Waals surface area contributed by atoms with Crippen LogP contribution in [0.5, 0.6) is 0 Å². The minimum atomic E-state index is -0.122. The smallest absolute Gasteiger partial charge is 0.227 e. The first-order valence-electron chi connectivity index (χ1n) is 10.8. The number of para-hydroxylation sites is 1. The van der Waals surface area contributed by atoms with Crippen LogP contribution in [0, 0.1) is 26.7 Å². The topological polar surface area (TPSA) is 77.0 Å². The minimum Gasteiger partial charge on any atom is -0.397 e. The Morgan fingerprint density at radius 2 is 2.00 bits per heavy atom. The summed E-state index contributed by atoms with van der Waals surface area (Å²) in [6.45, 7) is 10.2. The Balaban J connectivity index is 0.00000272. The summed E-state index contributed by atoms with van der Waals surface area (Å²) in [7, 11) is 0. The third-order valence-electron chi connectivity index (χ3n) is 6.52. The van der Waals surface area contributed by atoms with E-state index in [-0.39, 0.29) is 30.2 Å². The number of piperidine rings is 1. The van der Waals surface area contributed by atoms with Gasteiger partial charge in [0.05, 0.1) is 35.1 Å². The Labute approximate surface area is 190 Å². The molecule has 1 saturated heterocycles. The number of aryl methyl sites for hydroxylation is 1. The van der Waals surface area contributed by atoms with Gasteiger partial charge in [-0.15, -0.1) is 12.4 Å². The molecule has 1 aromatic carbocycles. The lowest BCUT2D eigenvalue weighted by Crippen LogP contribution is -2.43. The van der Waals surface area contributed by atoms with Crippen molar-refractivity contribution in [2.75, 3.05) is 18.8 Å². The average Bonchev–Trinajstić information content (AvgIpc) is 2.99. The maximum Gasteiger partial charge on any atom is 0.227 e. The molecule has 1 amide bonds. The van der Waals surface area contributed by atoms with E-state index in [2.05, 4.69) is 18.9 Å². The van der Waals surface area contributed by atoms with Crippen LogP contribution in [0.1, 0.15) is 48.3 Å². The number of hydrogen-bond acceptors (Lipinski definition) is 4.